The Labute approximate surface area is 132 Å². The van der Waals surface area contributed by atoms with Gasteiger partial charge in [0.05, 0.1) is 4.91 Å². The van der Waals surface area contributed by atoms with Crippen LogP contribution in [0.25, 0.3) is 6.08 Å². The summed E-state index contributed by atoms with van der Waals surface area (Å²) in [4.78, 5) is 28.9. The molecule has 1 heterocycles. The van der Waals surface area contributed by atoms with Crippen molar-refractivity contribution in [2.45, 2.75) is 13.0 Å². The van der Waals surface area contributed by atoms with E-state index in [1.807, 2.05) is 0 Å². The minimum Gasteiger partial charge on any atom is -0.479 e. The van der Waals surface area contributed by atoms with Crippen LogP contribution in [0.2, 0.25) is 0 Å². The molecule has 6 nitrogen and oxygen atoms in total. The second-order valence-corrected chi connectivity index (χ2v) is 5.66. The number of amidine groups is 1. The number of carbonyl (C=O) groups is 2. The van der Waals surface area contributed by atoms with E-state index in [-0.39, 0.29) is 5.91 Å². The number of benzene rings is 1. The molecule has 0 bridgehead atoms. The third-order valence-corrected chi connectivity index (χ3v) is 4.18. The van der Waals surface area contributed by atoms with Gasteiger partial charge in [-0.2, -0.15) is 0 Å². The summed E-state index contributed by atoms with van der Waals surface area (Å²) in [6, 6.07) is 6.89. The quantitative estimate of drug-likeness (QED) is 0.859. The van der Waals surface area contributed by atoms with Gasteiger partial charge in [0.15, 0.2) is 11.3 Å². The summed E-state index contributed by atoms with van der Waals surface area (Å²) in [5, 5.41) is 9.46. The predicted molar refractivity (Wildman–Crippen MR) is 85.9 cm³/mol. The minimum atomic E-state index is -1.02. The molecule has 0 radical (unpaired) electrons. The first-order valence-corrected chi connectivity index (χ1v) is 7.38. The van der Waals surface area contributed by atoms with Crippen molar-refractivity contribution >= 4 is 34.9 Å². The second-order valence-electron chi connectivity index (χ2n) is 4.65. The highest BCUT2D eigenvalue weighted by molar-refractivity contribution is 8.18. The zero-order valence-corrected chi connectivity index (χ0v) is 13.3. The van der Waals surface area contributed by atoms with Gasteiger partial charge in [-0.15, -0.1) is 0 Å². The smallest absolute Gasteiger partial charge is 0.344 e. The fraction of sp³-hybridized carbons (Fsp3) is 0.267. The van der Waals surface area contributed by atoms with E-state index in [4.69, 9.17) is 9.84 Å². The number of aliphatic imine (C=N–C) groups is 1. The highest BCUT2D eigenvalue weighted by Gasteiger charge is 2.29. The van der Waals surface area contributed by atoms with E-state index in [1.165, 1.54) is 23.6 Å². The lowest BCUT2D eigenvalue weighted by Crippen LogP contribution is -2.23. The van der Waals surface area contributed by atoms with Crippen molar-refractivity contribution in [2.75, 3.05) is 14.1 Å². The van der Waals surface area contributed by atoms with Gasteiger partial charge < -0.3 is 9.84 Å². The molecule has 1 aliphatic rings. The topological polar surface area (TPSA) is 79.2 Å². The largest absolute Gasteiger partial charge is 0.479 e. The number of likely N-dealkylation sites (N-methyl/N-ethyl adjacent to an activating group) is 1. The zero-order valence-electron chi connectivity index (χ0n) is 12.4. The summed E-state index contributed by atoms with van der Waals surface area (Å²) in [6.45, 7) is 1.47. The number of carbonyl (C=O) groups excluding carboxylic acids is 1. The Morgan fingerprint density at radius 3 is 2.55 bits per heavy atom. The average molecular weight is 320 g/mol. The van der Waals surface area contributed by atoms with Crippen LogP contribution in [0.15, 0.2) is 34.2 Å². The standard InChI is InChI=1S/C15H16N2O4S/c1-9(14(19)20)21-11-6-4-10(5-7-11)8-12-13(18)17(3)15(16-2)22-12/h4-9H,1-3H3,(H,19,20)/b12-8-,16-15?/t9-/m1/s1. The summed E-state index contributed by atoms with van der Waals surface area (Å²) in [5.74, 6) is -0.644. The molecule has 1 atom stereocenters. The molecule has 1 aliphatic heterocycles. The average Bonchev–Trinajstić information content (AvgIpc) is 2.77. The molecule has 0 spiro atoms. The fourth-order valence-corrected chi connectivity index (χ4v) is 2.73. The Morgan fingerprint density at radius 1 is 1.41 bits per heavy atom. The van der Waals surface area contributed by atoms with Crippen LogP contribution in [0.4, 0.5) is 0 Å². The molecule has 1 aromatic carbocycles. The van der Waals surface area contributed by atoms with Crippen LogP contribution in [-0.4, -0.2) is 47.2 Å². The minimum absolute atomic E-state index is 0.0922. The van der Waals surface area contributed by atoms with Gasteiger partial charge in [0, 0.05) is 14.1 Å². The third kappa shape index (κ3) is 3.48. The first-order chi connectivity index (χ1) is 10.4. The molecule has 0 unspecified atom stereocenters. The van der Waals surface area contributed by atoms with Crippen LogP contribution in [-0.2, 0) is 9.59 Å². The number of rotatable bonds is 4. The summed E-state index contributed by atoms with van der Waals surface area (Å²) in [6.07, 6.45) is 0.861. The predicted octanol–water partition coefficient (Wildman–Crippen LogP) is 2.07. The molecule has 0 aromatic heterocycles. The molecule has 116 valence electrons. The summed E-state index contributed by atoms with van der Waals surface area (Å²) < 4.78 is 5.25. The molecule has 0 aliphatic carbocycles. The number of ether oxygens (including phenoxy) is 1. The monoisotopic (exact) mass is 320 g/mol. The van der Waals surface area contributed by atoms with Crippen molar-refractivity contribution in [3.8, 4) is 5.75 Å². The van der Waals surface area contributed by atoms with E-state index in [1.54, 1.807) is 44.4 Å². The normalized spacial score (nSPS) is 19.8. The SMILES string of the molecule is CN=C1S/C(=C\c2ccc(O[C@H](C)C(=O)O)cc2)C(=O)N1C. The van der Waals surface area contributed by atoms with Gasteiger partial charge in [-0.25, -0.2) is 4.79 Å². The van der Waals surface area contributed by atoms with Gasteiger partial charge in [0.1, 0.15) is 5.75 Å². The molecule has 1 fully saturated rings. The molecule has 7 heteroatoms. The van der Waals surface area contributed by atoms with Crippen molar-refractivity contribution in [3.05, 3.63) is 34.7 Å². The summed E-state index contributed by atoms with van der Waals surface area (Å²) >= 11 is 1.32. The maximum absolute atomic E-state index is 12.0. The van der Waals surface area contributed by atoms with Gasteiger partial charge >= 0.3 is 5.97 Å². The number of aliphatic carboxylic acids is 1. The van der Waals surface area contributed by atoms with Crippen LogP contribution in [0, 0.1) is 0 Å². The lowest BCUT2D eigenvalue weighted by molar-refractivity contribution is -0.144. The maximum Gasteiger partial charge on any atom is 0.344 e. The van der Waals surface area contributed by atoms with Gasteiger partial charge in [-0.05, 0) is 42.5 Å². The number of amides is 1. The first kappa shape index (κ1) is 16.1. The van der Waals surface area contributed by atoms with E-state index >= 15 is 0 Å². The van der Waals surface area contributed by atoms with E-state index in [9.17, 15) is 9.59 Å². The van der Waals surface area contributed by atoms with E-state index in [0.29, 0.717) is 15.8 Å². The van der Waals surface area contributed by atoms with Crippen molar-refractivity contribution in [2.24, 2.45) is 4.99 Å². The Kier molecular flexibility index (Phi) is 4.87. The fourth-order valence-electron chi connectivity index (χ4n) is 1.80. The van der Waals surface area contributed by atoms with Gasteiger partial charge in [-0.3, -0.25) is 14.7 Å². The molecule has 1 amide bonds. The van der Waals surface area contributed by atoms with E-state index in [0.717, 1.165) is 5.56 Å². The number of carboxylic acids is 1. The Hall–Kier alpha value is -2.28. The Balaban J connectivity index is 2.13. The van der Waals surface area contributed by atoms with Crippen molar-refractivity contribution in [1.82, 2.24) is 4.90 Å². The van der Waals surface area contributed by atoms with Crippen LogP contribution < -0.4 is 4.74 Å². The molecule has 22 heavy (non-hydrogen) atoms. The van der Waals surface area contributed by atoms with Crippen LogP contribution in [0.1, 0.15) is 12.5 Å². The number of carboxylic acid groups (broad SMARTS) is 1. The Bertz CT molecular complexity index is 652. The summed E-state index contributed by atoms with van der Waals surface area (Å²) in [5.41, 5.74) is 0.830. The Morgan fingerprint density at radius 2 is 2.05 bits per heavy atom. The molecule has 0 saturated carbocycles. The van der Waals surface area contributed by atoms with Crippen LogP contribution >= 0.6 is 11.8 Å². The van der Waals surface area contributed by atoms with Gasteiger partial charge in [-0.1, -0.05) is 12.1 Å². The maximum atomic E-state index is 12.0. The molecular formula is C15H16N2O4S. The first-order valence-electron chi connectivity index (χ1n) is 6.56. The highest BCUT2D eigenvalue weighted by Crippen LogP contribution is 2.31. The third-order valence-electron chi connectivity index (χ3n) is 3.03. The number of thioether (sulfide) groups is 1. The van der Waals surface area contributed by atoms with E-state index in [2.05, 4.69) is 4.99 Å². The highest BCUT2D eigenvalue weighted by atomic mass is 32.2. The van der Waals surface area contributed by atoms with E-state index < -0.39 is 12.1 Å². The lowest BCUT2D eigenvalue weighted by atomic mass is 10.2. The van der Waals surface area contributed by atoms with Crippen LogP contribution in [0.5, 0.6) is 5.75 Å². The molecule has 2 rings (SSSR count). The summed E-state index contributed by atoms with van der Waals surface area (Å²) in [7, 11) is 3.33. The molecule has 1 saturated heterocycles. The number of hydrogen-bond acceptors (Lipinski definition) is 5. The molecule has 1 N–H and O–H groups in total. The molecule has 1 aromatic rings. The van der Waals surface area contributed by atoms with Gasteiger partial charge in [0.25, 0.3) is 5.91 Å². The number of nitrogens with zero attached hydrogens (tertiary/aromatic N) is 2. The number of hydrogen-bond donors (Lipinski definition) is 1. The van der Waals surface area contributed by atoms with Crippen molar-refractivity contribution in [3.63, 3.8) is 0 Å². The lowest BCUT2D eigenvalue weighted by Gasteiger charge is -2.10. The van der Waals surface area contributed by atoms with Crippen molar-refractivity contribution < 1.29 is 19.4 Å². The van der Waals surface area contributed by atoms with Crippen LogP contribution in [0.3, 0.4) is 0 Å². The second kappa shape index (κ2) is 6.65. The zero-order chi connectivity index (χ0) is 16.3. The van der Waals surface area contributed by atoms with Crippen molar-refractivity contribution in [1.29, 1.82) is 0 Å². The molecular weight excluding hydrogens is 304 g/mol. The van der Waals surface area contributed by atoms with Gasteiger partial charge in [0.2, 0.25) is 0 Å².